The summed E-state index contributed by atoms with van der Waals surface area (Å²) in [6.07, 6.45) is 0. The summed E-state index contributed by atoms with van der Waals surface area (Å²) in [7, 11) is 0. The largest absolute Gasteiger partial charge is 0.488 e. The van der Waals surface area contributed by atoms with Crippen LogP contribution in [0.1, 0.15) is 26.6 Å². The Kier molecular flexibility index (Phi) is 4.17. The van der Waals surface area contributed by atoms with Gasteiger partial charge in [0.15, 0.2) is 0 Å². The Morgan fingerprint density at radius 3 is 2.97 bits per heavy atom. The van der Waals surface area contributed by atoms with E-state index in [1.165, 1.54) is 21.8 Å². The lowest BCUT2D eigenvalue weighted by atomic mass is 10.1. The highest BCUT2D eigenvalue weighted by molar-refractivity contribution is 7.17. The second-order valence-electron chi connectivity index (χ2n) is 6.77. The molecule has 1 aromatic carbocycles. The molecule has 0 bridgehead atoms. The smallest absolute Gasteiger partial charge is 0.348 e. The molecule has 0 fully saturated rings. The number of thiophene rings is 1. The molecule has 0 saturated carbocycles. The molecule has 3 aromatic heterocycles. The van der Waals surface area contributed by atoms with Crippen LogP contribution in [0, 0.1) is 6.92 Å². The van der Waals surface area contributed by atoms with Gasteiger partial charge < -0.3 is 9.47 Å². The second-order valence-corrected chi connectivity index (χ2v) is 7.82. The number of benzene rings is 1. The van der Waals surface area contributed by atoms with E-state index in [1.54, 1.807) is 6.07 Å². The molecule has 144 valence electrons. The second kappa shape index (κ2) is 6.86. The van der Waals surface area contributed by atoms with Crippen molar-refractivity contribution in [2.45, 2.75) is 20.1 Å². The minimum Gasteiger partial charge on any atom is -0.488 e. The molecule has 29 heavy (non-hydrogen) atoms. The Balaban J connectivity index is 1.38. The lowest BCUT2D eigenvalue weighted by Gasteiger charge is -2.16. The highest BCUT2D eigenvalue weighted by Crippen LogP contribution is 2.42. The van der Waals surface area contributed by atoms with Crippen molar-refractivity contribution in [2.24, 2.45) is 0 Å². The van der Waals surface area contributed by atoms with Gasteiger partial charge >= 0.3 is 5.97 Å². The van der Waals surface area contributed by atoms with Gasteiger partial charge in [0, 0.05) is 27.8 Å². The highest BCUT2D eigenvalue weighted by atomic mass is 32.1. The molecule has 6 nitrogen and oxygen atoms in total. The molecule has 0 radical (unpaired) electrons. The molecule has 4 aromatic rings. The number of hydrogen-bond acceptors (Lipinski definition) is 6. The SMILES string of the molecule is Cc1cccc2nc(COC(=O)c3cc4c(s3)-c3ccccc3OC4)cc(=O)n12. The standard InChI is InChI=1S/C22H16N2O4S/c1-13-5-4-8-19-23-15(10-20(25)24(13)19)12-28-22(26)18-9-14-11-27-17-7-3-2-6-16(17)21(14)29-18/h2-10H,11-12H2,1H3. The predicted octanol–water partition coefficient (Wildman–Crippen LogP) is 3.98. The summed E-state index contributed by atoms with van der Waals surface area (Å²) < 4.78 is 12.7. The van der Waals surface area contributed by atoms with Crippen LogP contribution in [0.25, 0.3) is 16.1 Å². The van der Waals surface area contributed by atoms with E-state index in [2.05, 4.69) is 4.98 Å². The maximum absolute atomic E-state index is 12.6. The average Bonchev–Trinajstić information content (AvgIpc) is 3.17. The number of carbonyl (C=O) groups is 1. The van der Waals surface area contributed by atoms with Gasteiger partial charge in [0.1, 0.15) is 29.5 Å². The zero-order chi connectivity index (χ0) is 20.0. The van der Waals surface area contributed by atoms with E-state index in [-0.39, 0.29) is 12.2 Å². The number of hydrogen-bond donors (Lipinski definition) is 0. The molecule has 0 N–H and O–H groups in total. The number of para-hydroxylation sites is 1. The van der Waals surface area contributed by atoms with Crippen LogP contribution in [0.4, 0.5) is 0 Å². The molecule has 1 aliphatic rings. The number of carbonyl (C=O) groups excluding carboxylic acids is 1. The first kappa shape index (κ1) is 17.6. The fraction of sp³-hybridized carbons (Fsp3) is 0.136. The van der Waals surface area contributed by atoms with Crippen molar-refractivity contribution in [1.29, 1.82) is 0 Å². The van der Waals surface area contributed by atoms with Gasteiger partial charge in [-0.1, -0.05) is 18.2 Å². The van der Waals surface area contributed by atoms with Gasteiger partial charge in [-0.05, 0) is 37.3 Å². The van der Waals surface area contributed by atoms with Crippen molar-refractivity contribution in [2.75, 3.05) is 0 Å². The Hall–Kier alpha value is -3.45. The quantitative estimate of drug-likeness (QED) is 0.483. The molecule has 0 aliphatic carbocycles. The van der Waals surface area contributed by atoms with Crippen LogP contribution in [-0.2, 0) is 18.0 Å². The zero-order valence-corrected chi connectivity index (χ0v) is 16.4. The van der Waals surface area contributed by atoms with Crippen LogP contribution in [0.2, 0.25) is 0 Å². The Morgan fingerprint density at radius 2 is 2.07 bits per heavy atom. The van der Waals surface area contributed by atoms with Gasteiger partial charge in [-0.15, -0.1) is 11.3 Å². The first-order valence-corrected chi connectivity index (χ1v) is 9.92. The Labute approximate surface area is 170 Å². The third-order valence-corrected chi connectivity index (χ3v) is 6.00. The fourth-order valence-electron chi connectivity index (χ4n) is 3.45. The molecule has 0 unspecified atom stereocenters. The summed E-state index contributed by atoms with van der Waals surface area (Å²) in [6, 6.07) is 16.4. The molecule has 1 aliphatic heterocycles. The minimum atomic E-state index is -0.437. The van der Waals surface area contributed by atoms with Crippen molar-refractivity contribution in [1.82, 2.24) is 9.38 Å². The minimum absolute atomic E-state index is 0.0613. The first-order valence-electron chi connectivity index (χ1n) is 9.10. The Bertz CT molecular complexity index is 1320. The number of esters is 1. The maximum Gasteiger partial charge on any atom is 0.348 e. The number of ether oxygens (including phenoxy) is 2. The fourth-order valence-corrected chi connectivity index (χ4v) is 4.54. The summed E-state index contributed by atoms with van der Waals surface area (Å²) in [5, 5.41) is 0. The van der Waals surface area contributed by atoms with E-state index in [9.17, 15) is 9.59 Å². The molecular weight excluding hydrogens is 388 g/mol. The number of aromatic nitrogens is 2. The number of pyridine rings is 1. The lowest BCUT2D eigenvalue weighted by Crippen LogP contribution is -2.18. The molecular formula is C22H16N2O4S. The molecule has 0 spiro atoms. The maximum atomic E-state index is 12.6. The number of fused-ring (bicyclic) bond motifs is 4. The molecule has 5 rings (SSSR count). The van der Waals surface area contributed by atoms with Crippen LogP contribution in [0.3, 0.4) is 0 Å². The van der Waals surface area contributed by atoms with Crippen molar-refractivity contribution < 1.29 is 14.3 Å². The molecule has 0 saturated heterocycles. The van der Waals surface area contributed by atoms with Gasteiger partial charge in [-0.3, -0.25) is 9.20 Å². The lowest BCUT2D eigenvalue weighted by molar-refractivity contribution is 0.0473. The van der Waals surface area contributed by atoms with Gasteiger partial charge in [0.2, 0.25) is 0 Å². The summed E-state index contributed by atoms with van der Waals surface area (Å²) in [5.74, 6) is 0.381. The van der Waals surface area contributed by atoms with Crippen LogP contribution in [0.15, 0.2) is 59.4 Å². The van der Waals surface area contributed by atoms with Gasteiger partial charge in [0.25, 0.3) is 5.56 Å². The third kappa shape index (κ3) is 3.09. The number of aryl methyl sites for hydroxylation is 1. The van der Waals surface area contributed by atoms with E-state index in [1.807, 2.05) is 49.4 Å². The predicted molar refractivity (Wildman–Crippen MR) is 109 cm³/mol. The molecule has 0 atom stereocenters. The normalized spacial score (nSPS) is 12.2. The monoisotopic (exact) mass is 404 g/mol. The molecule has 4 heterocycles. The molecule has 0 amide bonds. The third-order valence-electron chi connectivity index (χ3n) is 4.81. The average molecular weight is 404 g/mol. The highest BCUT2D eigenvalue weighted by Gasteiger charge is 2.23. The number of rotatable bonds is 3. The van der Waals surface area contributed by atoms with Crippen LogP contribution >= 0.6 is 11.3 Å². The van der Waals surface area contributed by atoms with E-state index >= 15 is 0 Å². The summed E-state index contributed by atoms with van der Waals surface area (Å²) in [4.78, 5) is 30.9. The summed E-state index contributed by atoms with van der Waals surface area (Å²) >= 11 is 1.39. The van der Waals surface area contributed by atoms with Crippen molar-refractivity contribution in [3.05, 3.63) is 86.8 Å². The van der Waals surface area contributed by atoms with Gasteiger partial charge in [-0.25, -0.2) is 9.78 Å². The van der Waals surface area contributed by atoms with E-state index in [4.69, 9.17) is 9.47 Å². The number of nitrogens with zero attached hydrogens (tertiary/aromatic N) is 2. The summed E-state index contributed by atoms with van der Waals surface area (Å²) in [6.45, 7) is 2.21. The van der Waals surface area contributed by atoms with Crippen LogP contribution in [-0.4, -0.2) is 15.4 Å². The van der Waals surface area contributed by atoms with Crippen LogP contribution < -0.4 is 10.3 Å². The Morgan fingerprint density at radius 1 is 1.21 bits per heavy atom. The van der Waals surface area contributed by atoms with Crippen molar-refractivity contribution in [3.63, 3.8) is 0 Å². The summed E-state index contributed by atoms with van der Waals surface area (Å²) in [5.41, 5.74) is 3.51. The van der Waals surface area contributed by atoms with E-state index < -0.39 is 5.97 Å². The van der Waals surface area contributed by atoms with Crippen molar-refractivity contribution >= 4 is 23.0 Å². The van der Waals surface area contributed by atoms with E-state index in [0.717, 1.165) is 27.4 Å². The van der Waals surface area contributed by atoms with Gasteiger partial charge in [-0.2, -0.15) is 0 Å². The molecule has 7 heteroatoms. The first-order chi connectivity index (χ1) is 14.1. The van der Waals surface area contributed by atoms with Crippen LogP contribution in [0.5, 0.6) is 5.75 Å². The van der Waals surface area contributed by atoms with Crippen molar-refractivity contribution in [3.8, 4) is 16.2 Å². The van der Waals surface area contributed by atoms with E-state index in [0.29, 0.717) is 22.8 Å². The van der Waals surface area contributed by atoms with Gasteiger partial charge in [0.05, 0.1) is 5.69 Å². The zero-order valence-electron chi connectivity index (χ0n) is 15.5. The topological polar surface area (TPSA) is 69.9 Å².